The predicted octanol–water partition coefficient (Wildman–Crippen LogP) is 3.50. The van der Waals surface area contributed by atoms with Crippen LogP contribution in [-0.2, 0) is 33.7 Å². The number of hydrogen-bond donors (Lipinski definition) is 0. The third kappa shape index (κ3) is 3.63. The number of rotatable bonds is 6. The zero-order valence-corrected chi connectivity index (χ0v) is 16.2. The van der Waals surface area contributed by atoms with Gasteiger partial charge in [-0.3, -0.25) is 0 Å². The second kappa shape index (κ2) is 6.66. The van der Waals surface area contributed by atoms with E-state index in [0.29, 0.717) is 5.56 Å². The Labute approximate surface area is 116 Å². The third-order valence-corrected chi connectivity index (χ3v) is 7.67. The number of ether oxygens (including phenoxy) is 1. The molecule has 0 saturated heterocycles. The molecular formula is C11H14ClHgNO3. The van der Waals surface area contributed by atoms with Gasteiger partial charge in [-0.15, -0.1) is 0 Å². The van der Waals surface area contributed by atoms with Crippen LogP contribution in [0, 0.1) is 10.1 Å². The van der Waals surface area contributed by atoms with Gasteiger partial charge in [0.05, 0.1) is 0 Å². The molecule has 90 valence electrons. The summed E-state index contributed by atoms with van der Waals surface area (Å²) in [6.45, 7) is 1.88. The summed E-state index contributed by atoms with van der Waals surface area (Å²) in [5.41, 5.74) is 0.132. The molecule has 0 radical (unpaired) electrons. The fraction of sp³-hybridized carbons (Fsp3) is 0.455. The first-order valence-electron chi connectivity index (χ1n) is 5.40. The van der Waals surface area contributed by atoms with Crippen molar-refractivity contribution in [2.75, 3.05) is 7.11 Å². The Morgan fingerprint density at radius 3 is 2.71 bits per heavy atom. The molecule has 0 aliphatic carbocycles. The van der Waals surface area contributed by atoms with Gasteiger partial charge < -0.3 is 0 Å². The molecule has 0 N–H and O–H groups in total. The summed E-state index contributed by atoms with van der Waals surface area (Å²) in [6.07, 6.45) is 0.749. The molecular weight excluding hydrogens is 430 g/mol. The molecule has 0 fully saturated rings. The average Bonchev–Trinajstić information content (AvgIpc) is 2.36. The van der Waals surface area contributed by atoms with E-state index in [-0.39, 0.29) is 10.6 Å². The van der Waals surface area contributed by atoms with Crippen LogP contribution in [0.5, 0.6) is 0 Å². The van der Waals surface area contributed by atoms with Crippen molar-refractivity contribution in [1.29, 1.82) is 0 Å². The molecule has 0 aliphatic rings. The number of nitro groups is 1. The van der Waals surface area contributed by atoms with Crippen LogP contribution >= 0.6 is 8.25 Å². The van der Waals surface area contributed by atoms with Crippen LogP contribution in [0.15, 0.2) is 24.3 Å². The number of nitro benzene ring substituents is 1. The molecule has 17 heavy (non-hydrogen) atoms. The molecule has 1 atom stereocenters. The molecule has 0 heterocycles. The van der Waals surface area contributed by atoms with Gasteiger partial charge in [0, 0.05) is 0 Å². The molecule has 0 bridgehead atoms. The number of benzene rings is 1. The summed E-state index contributed by atoms with van der Waals surface area (Å²) in [5, 5.41) is 11.0. The number of methoxy groups -OCH3 is 1. The second-order valence-corrected chi connectivity index (χ2v) is 11.5. The summed E-state index contributed by atoms with van der Waals surface area (Å²) in [5.74, 6) is 0. The predicted molar refractivity (Wildman–Crippen MR) is 62.7 cm³/mol. The van der Waals surface area contributed by atoms with Crippen molar-refractivity contribution in [2.24, 2.45) is 0 Å². The molecule has 0 aromatic heterocycles. The molecule has 0 aliphatic heterocycles. The van der Waals surface area contributed by atoms with Gasteiger partial charge in [-0.1, -0.05) is 0 Å². The number of halogens is 1. The Hall–Kier alpha value is -0.195. The Kier molecular flexibility index (Phi) is 5.82. The van der Waals surface area contributed by atoms with Crippen molar-refractivity contribution in [3.05, 3.63) is 39.9 Å². The van der Waals surface area contributed by atoms with E-state index in [2.05, 4.69) is 0 Å². The molecule has 1 aromatic rings. The Morgan fingerprint density at radius 2 is 2.18 bits per heavy atom. The summed E-state index contributed by atoms with van der Waals surface area (Å²) < 4.78 is 6.46. The molecule has 4 nitrogen and oxygen atoms in total. The monoisotopic (exact) mass is 445 g/mol. The van der Waals surface area contributed by atoms with Gasteiger partial charge in [0.1, 0.15) is 0 Å². The maximum absolute atomic E-state index is 11.0. The Balaban J connectivity index is 3.14. The zero-order valence-electron chi connectivity index (χ0n) is 9.98. The average molecular weight is 444 g/mol. The molecule has 0 saturated carbocycles. The first kappa shape index (κ1) is 14.9. The molecule has 0 spiro atoms. The van der Waals surface area contributed by atoms with Crippen molar-refractivity contribution < 1.29 is 33.0 Å². The van der Waals surface area contributed by atoms with Crippen molar-refractivity contribution in [3.8, 4) is 0 Å². The van der Waals surface area contributed by atoms with Crippen LogP contribution in [0.1, 0.15) is 18.9 Å². The van der Waals surface area contributed by atoms with Gasteiger partial charge in [0.2, 0.25) is 0 Å². The Bertz CT molecular complexity index is 402. The van der Waals surface area contributed by atoms with Crippen molar-refractivity contribution in [1.82, 2.24) is 0 Å². The number of hydrogen-bond acceptors (Lipinski definition) is 3. The first-order chi connectivity index (χ1) is 8.05. The molecule has 1 rings (SSSR count). The number of nitrogens with zero attached hydrogens (tertiary/aromatic N) is 1. The standard InChI is InChI=1S/C11H14NO3.ClH.Hg/c1-4-11(2,15-3)9-7-5-6-8-10(9)12(13)14;;/h5-8H,1,4H2,2-3H3;1H;/q;;+1/p-1. The first-order valence-corrected chi connectivity index (χ1v) is 16.1. The van der Waals surface area contributed by atoms with E-state index in [0.717, 1.165) is 10.4 Å². The van der Waals surface area contributed by atoms with Crippen LogP contribution in [0.25, 0.3) is 0 Å². The van der Waals surface area contributed by atoms with Crippen molar-refractivity contribution in [2.45, 2.75) is 22.9 Å². The van der Waals surface area contributed by atoms with Crippen LogP contribution < -0.4 is 0 Å². The van der Waals surface area contributed by atoms with Gasteiger partial charge in [0.15, 0.2) is 0 Å². The van der Waals surface area contributed by atoms with Crippen molar-refractivity contribution >= 4 is 13.9 Å². The normalized spacial score (nSPS) is 13.8. The Morgan fingerprint density at radius 1 is 1.53 bits per heavy atom. The summed E-state index contributed by atoms with van der Waals surface area (Å²) in [4.78, 5) is 10.6. The van der Waals surface area contributed by atoms with E-state index in [1.54, 1.807) is 25.3 Å². The molecule has 6 heteroatoms. The summed E-state index contributed by atoms with van der Waals surface area (Å²) >= 11 is -1.25. The number of para-hydroxylation sites is 1. The van der Waals surface area contributed by atoms with Gasteiger partial charge >= 0.3 is 117 Å². The van der Waals surface area contributed by atoms with E-state index in [1.807, 2.05) is 6.92 Å². The van der Waals surface area contributed by atoms with E-state index < -0.39 is 28.9 Å². The fourth-order valence-electron chi connectivity index (χ4n) is 1.83. The topological polar surface area (TPSA) is 52.4 Å². The zero-order chi connectivity index (χ0) is 12.9. The minimum absolute atomic E-state index is 0.114. The molecule has 0 amide bonds. The quantitative estimate of drug-likeness (QED) is 0.384. The summed E-state index contributed by atoms with van der Waals surface area (Å²) in [7, 11) is 7.47. The second-order valence-electron chi connectivity index (χ2n) is 4.00. The van der Waals surface area contributed by atoms with Crippen LogP contribution in [0.2, 0.25) is 3.93 Å². The van der Waals surface area contributed by atoms with Gasteiger partial charge in [-0.05, 0) is 0 Å². The van der Waals surface area contributed by atoms with Crippen molar-refractivity contribution in [3.63, 3.8) is 0 Å². The van der Waals surface area contributed by atoms with Gasteiger partial charge in [0.25, 0.3) is 0 Å². The van der Waals surface area contributed by atoms with E-state index in [9.17, 15) is 10.1 Å². The van der Waals surface area contributed by atoms with Crippen LogP contribution in [0.4, 0.5) is 5.69 Å². The molecule has 1 aromatic carbocycles. The van der Waals surface area contributed by atoms with Crippen LogP contribution in [-0.4, -0.2) is 12.0 Å². The summed E-state index contributed by atoms with van der Waals surface area (Å²) in [6, 6.07) is 6.73. The van der Waals surface area contributed by atoms with Gasteiger partial charge in [-0.2, -0.15) is 0 Å². The van der Waals surface area contributed by atoms with E-state index >= 15 is 0 Å². The third-order valence-electron chi connectivity index (χ3n) is 2.91. The minimum atomic E-state index is -1.25. The van der Waals surface area contributed by atoms with Gasteiger partial charge in [-0.25, -0.2) is 0 Å². The van der Waals surface area contributed by atoms with E-state index in [1.165, 1.54) is 6.07 Å². The van der Waals surface area contributed by atoms with E-state index in [4.69, 9.17) is 13.0 Å². The molecule has 1 unspecified atom stereocenters. The SMILES string of the molecule is COC(C)(C[CH2][Hg][Cl])c1ccccc1[N+](=O)[O-]. The maximum atomic E-state index is 11.0. The van der Waals surface area contributed by atoms with Crippen LogP contribution in [0.3, 0.4) is 0 Å². The fourth-order valence-corrected chi connectivity index (χ4v) is 6.15.